The van der Waals surface area contributed by atoms with Crippen LogP contribution in [0.4, 0.5) is 5.69 Å². The molecule has 0 radical (unpaired) electrons. The smallest absolute Gasteiger partial charge is 0.224 e. The zero-order chi connectivity index (χ0) is 17.1. The molecular weight excluding hydrogens is 326 g/mol. The lowest BCUT2D eigenvalue weighted by Gasteiger charge is -2.36. The highest BCUT2D eigenvalue weighted by molar-refractivity contribution is 6.30. The minimum Gasteiger partial charge on any atom is -0.368 e. The third-order valence-electron chi connectivity index (χ3n) is 4.76. The highest BCUT2D eigenvalue weighted by Crippen LogP contribution is 2.27. The normalized spacial score (nSPS) is 17.8. The lowest BCUT2D eigenvalue weighted by Crippen LogP contribution is -2.49. The molecule has 1 saturated carbocycles. The minimum absolute atomic E-state index is 0.0797. The molecule has 1 saturated heterocycles. The lowest BCUT2D eigenvalue weighted by molar-refractivity contribution is -0.133. The van der Waals surface area contributed by atoms with E-state index in [1.54, 1.807) is 6.92 Å². The van der Waals surface area contributed by atoms with Crippen molar-refractivity contribution in [1.29, 1.82) is 0 Å². The second-order valence-electron chi connectivity index (χ2n) is 6.54. The van der Waals surface area contributed by atoms with Gasteiger partial charge in [0.2, 0.25) is 11.8 Å². The van der Waals surface area contributed by atoms with E-state index in [0.29, 0.717) is 19.0 Å². The van der Waals surface area contributed by atoms with Gasteiger partial charge in [0, 0.05) is 62.8 Å². The molecule has 2 amide bonds. The molecule has 24 heavy (non-hydrogen) atoms. The molecule has 1 heterocycles. The summed E-state index contributed by atoms with van der Waals surface area (Å²) in [5.41, 5.74) is 1.10. The average Bonchev–Trinajstić information content (AvgIpc) is 3.39. The molecule has 1 aliphatic carbocycles. The summed E-state index contributed by atoms with van der Waals surface area (Å²) in [5, 5.41) is 0.732. The van der Waals surface area contributed by atoms with Crippen molar-refractivity contribution in [3.05, 3.63) is 29.3 Å². The third-order valence-corrected chi connectivity index (χ3v) is 5.00. The Morgan fingerprint density at radius 2 is 1.92 bits per heavy atom. The molecule has 2 aliphatic rings. The van der Waals surface area contributed by atoms with Crippen LogP contribution in [-0.2, 0) is 9.59 Å². The quantitative estimate of drug-likeness (QED) is 0.819. The third kappa shape index (κ3) is 4.20. The fourth-order valence-corrected chi connectivity index (χ4v) is 3.43. The van der Waals surface area contributed by atoms with E-state index in [1.165, 1.54) is 0 Å². The summed E-state index contributed by atoms with van der Waals surface area (Å²) in [6.07, 6.45) is 2.57. The highest BCUT2D eigenvalue weighted by Gasteiger charge is 2.31. The van der Waals surface area contributed by atoms with Crippen LogP contribution in [0.15, 0.2) is 24.3 Å². The fourth-order valence-electron chi connectivity index (χ4n) is 3.24. The van der Waals surface area contributed by atoms with Crippen molar-refractivity contribution >= 4 is 29.1 Å². The molecule has 1 aliphatic heterocycles. The van der Waals surface area contributed by atoms with Crippen LogP contribution in [0, 0.1) is 0 Å². The lowest BCUT2D eigenvalue weighted by atomic mass is 10.2. The molecule has 5 nitrogen and oxygen atoms in total. The van der Waals surface area contributed by atoms with Crippen molar-refractivity contribution in [2.24, 2.45) is 0 Å². The Bertz CT molecular complexity index is 610. The van der Waals surface area contributed by atoms with E-state index < -0.39 is 0 Å². The number of nitrogens with zero attached hydrogens (tertiary/aromatic N) is 3. The predicted octanol–water partition coefficient (Wildman–Crippen LogP) is 2.39. The average molecular weight is 350 g/mol. The SMILES string of the molecule is CC(=O)N(CCC(=O)N1CCN(c2cccc(Cl)c2)CC1)C1CC1. The summed E-state index contributed by atoms with van der Waals surface area (Å²) in [6.45, 7) is 5.19. The summed E-state index contributed by atoms with van der Waals surface area (Å²) in [7, 11) is 0. The number of hydrogen-bond donors (Lipinski definition) is 0. The molecule has 6 heteroatoms. The number of carbonyl (C=O) groups is 2. The summed E-state index contributed by atoms with van der Waals surface area (Å²) in [4.78, 5) is 30.0. The van der Waals surface area contributed by atoms with E-state index >= 15 is 0 Å². The van der Waals surface area contributed by atoms with Crippen molar-refractivity contribution < 1.29 is 9.59 Å². The van der Waals surface area contributed by atoms with Crippen LogP contribution in [0.2, 0.25) is 5.02 Å². The van der Waals surface area contributed by atoms with Crippen LogP contribution in [-0.4, -0.2) is 60.4 Å². The first-order valence-electron chi connectivity index (χ1n) is 8.60. The first-order valence-corrected chi connectivity index (χ1v) is 8.98. The molecule has 2 fully saturated rings. The second-order valence-corrected chi connectivity index (χ2v) is 6.98. The second kappa shape index (κ2) is 7.43. The zero-order valence-corrected chi connectivity index (χ0v) is 14.8. The van der Waals surface area contributed by atoms with Gasteiger partial charge in [-0.25, -0.2) is 0 Å². The maximum absolute atomic E-state index is 12.4. The van der Waals surface area contributed by atoms with Crippen molar-refractivity contribution in [3.8, 4) is 0 Å². The Kier molecular flexibility index (Phi) is 5.29. The number of piperazine rings is 1. The van der Waals surface area contributed by atoms with Crippen LogP contribution in [0.1, 0.15) is 26.2 Å². The Morgan fingerprint density at radius 1 is 1.21 bits per heavy atom. The van der Waals surface area contributed by atoms with Gasteiger partial charge in [0.1, 0.15) is 0 Å². The maximum atomic E-state index is 12.4. The fraction of sp³-hybridized carbons (Fsp3) is 0.556. The Labute approximate surface area is 148 Å². The molecule has 130 valence electrons. The maximum Gasteiger partial charge on any atom is 0.224 e. The van der Waals surface area contributed by atoms with E-state index in [0.717, 1.165) is 49.7 Å². The monoisotopic (exact) mass is 349 g/mol. The van der Waals surface area contributed by atoms with Gasteiger partial charge in [0.15, 0.2) is 0 Å². The van der Waals surface area contributed by atoms with Gasteiger partial charge in [-0.2, -0.15) is 0 Å². The van der Waals surface area contributed by atoms with Crippen molar-refractivity contribution in [2.45, 2.75) is 32.2 Å². The summed E-state index contributed by atoms with van der Waals surface area (Å²) in [5.74, 6) is 0.226. The Morgan fingerprint density at radius 3 is 2.50 bits per heavy atom. The van der Waals surface area contributed by atoms with E-state index in [4.69, 9.17) is 11.6 Å². The van der Waals surface area contributed by atoms with Gasteiger partial charge in [0.05, 0.1) is 0 Å². The van der Waals surface area contributed by atoms with Crippen LogP contribution < -0.4 is 4.90 Å². The van der Waals surface area contributed by atoms with Gasteiger partial charge < -0.3 is 14.7 Å². The van der Waals surface area contributed by atoms with Crippen LogP contribution in [0.3, 0.4) is 0 Å². The summed E-state index contributed by atoms with van der Waals surface area (Å²) in [6, 6.07) is 8.19. The van der Waals surface area contributed by atoms with Crippen molar-refractivity contribution in [3.63, 3.8) is 0 Å². The molecule has 0 spiro atoms. The van der Waals surface area contributed by atoms with Gasteiger partial charge in [-0.15, -0.1) is 0 Å². The molecule has 0 aromatic heterocycles. The molecule has 0 N–H and O–H groups in total. The summed E-state index contributed by atoms with van der Waals surface area (Å²) < 4.78 is 0. The number of carbonyl (C=O) groups excluding carboxylic acids is 2. The molecule has 0 bridgehead atoms. The summed E-state index contributed by atoms with van der Waals surface area (Å²) >= 11 is 6.05. The molecule has 0 atom stereocenters. The topological polar surface area (TPSA) is 43.9 Å². The number of halogens is 1. The van der Waals surface area contributed by atoms with Gasteiger partial charge in [-0.3, -0.25) is 9.59 Å². The number of amides is 2. The number of benzene rings is 1. The van der Waals surface area contributed by atoms with Crippen LogP contribution >= 0.6 is 11.6 Å². The van der Waals surface area contributed by atoms with Crippen molar-refractivity contribution in [2.75, 3.05) is 37.6 Å². The largest absolute Gasteiger partial charge is 0.368 e. The number of anilines is 1. The minimum atomic E-state index is 0.0797. The van der Waals surface area contributed by atoms with Gasteiger partial charge in [-0.05, 0) is 31.0 Å². The number of rotatable bonds is 5. The van der Waals surface area contributed by atoms with E-state index in [1.807, 2.05) is 34.1 Å². The first kappa shape index (κ1) is 17.1. The molecule has 3 rings (SSSR count). The highest BCUT2D eigenvalue weighted by atomic mass is 35.5. The van der Waals surface area contributed by atoms with Gasteiger partial charge >= 0.3 is 0 Å². The molecule has 0 unspecified atom stereocenters. The van der Waals surface area contributed by atoms with E-state index in [-0.39, 0.29) is 11.8 Å². The van der Waals surface area contributed by atoms with E-state index in [2.05, 4.69) is 4.90 Å². The van der Waals surface area contributed by atoms with Crippen LogP contribution in [0.5, 0.6) is 0 Å². The Balaban J connectivity index is 1.47. The zero-order valence-electron chi connectivity index (χ0n) is 14.1. The van der Waals surface area contributed by atoms with Crippen molar-refractivity contribution in [1.82, 2.24) is 9.80 Å². The molecule has 1 aromatic rings. The van der Waals surface area contributed by atoms with E-state index in [9.17, 15) is 9.59 Å². The standard InChI is InChI=1S/C18H24ClN3O2/c1-14(23)22(16-5-6-16)8-7-18(24)21-11-9-20(10-12-21)17-4-2-3-15(19)13-17/h2-4,13,16H,5-12H2,1H3. The predicted molar refractivity (Wildman–Crippen MR) is 95.3 cm³/mol. The first-order chi connectivity index (χ1) is 11.5. The molecular formula is C18H24ClN3O2. The van der Waals surface area contributed by atoms with Crippen LogP contribution in [0.25, 0.3) is 0 Å². The van der Waals surface area contributed by atoms with Gasteiger partial charge in [-0.1, -0.05) is 17.7 Å². The number of hydrogen-bond acceptors (Lipinski definition) is 3. The Hall–Kier alpha value is -1.75. The molecule has 1 aromatic carbocycles. The van der Waals surface area contributed by atoms with Gasteiger partial charge in [0.25, 0.3) is 0 Å².